The smallest absolute Gasteiger partial charge is 0 e. The van der Waals surface area contributed by atoms with Crippen LogP contribution in [0, 0.1) is 13.3 Å². The van der Waals surface area contributed by atoms with Gasteiger partial charge in [0, 0.05) is 17.1 Å². The van der Waals surface area contributed by atoms with E-state index in [0.29, 0.717) is 23.7 Å². The van der Waals surface area contributed by atoms with Gasteiger partial charge in [-0.3, -0.25) is 0 Å². The largest absolute Gasteiger partial charge is 0.214 e. The van der Waals surface area contributed by atoms with E-state index in [1.807, 2.05) is 30.3 Å². The number of nitrogens with zero attached hydrogens (tertiary/aromatic N) is 2. The minimum absolute atomic E-state index is 0. The molecule has 4 radical (unpaired) electrons. The van der Waals surface area contributed by atoms with Crippen molar-refractivity contribution in [3.8, 4) is 0 Å². The molecule has 0 unspecified atom stereocenters. The van der Waals surface area contributed by atoms with Crippen molar-refractivity contribution in [2.75, 3.05) is 0 Å². The van der Waals surface area contributed by atoms with Gasteiger partial charge in [-0.25, -0.2) is 12.1 Å². The number of para-hydroxylation sites is 2. The van der Waals surface area contributed by atoms with Crippen LogP contribution in [-0.2, 0) is 26.4 Å². The van der Waals surface area contributed by atoms with E-state index in [-0.39, 0.29) is 27.3 Å². The number of hydrogen-bond acceptors (Lipinski definition) is 2. The molecule has 7 heteroatoms. The van der Waals surface area contributed by atoms with Crippen molar-refractivity contribution in [2.45, 2.75) is 97.7 Å². The predicted molar refractivity (Wildman–Crippen MR) is 178 cm³/mol. The summed E-state index contributed by atoms with van der Waals surface area (Å²) in [5, 5.41) is 0. The molecule has 2 N–H and O–H groups in total. The normalized spacial score (nSPS) is 11.6. The molecule has 0 aromatic heterocycles. The maximum absolute atomic E-state index is 7.50. The van der Waals surface area contributed by atoms with Gasteiger partial charge in [0.15, 0.2) is 0 Å². The van der Waals surface area contributed by atoms with E-state index in [1.54, 1.807) is 0 Å². The van der Waals surface area contributed by atoms with Crippen molar-refractivity contribution >= 4 is 39.3 Å². The second-order valence-electron chi connectivity index (χ2n) is 11.1. The molecule has 0 aliphatic carbocycles. The summed E-state index contributed by atoms with van der Waals surface area (Å²) in [7, 11) is 0. The molecule has 0 saturated heterocycles. The van der Waals surface area contributed by atoms with Crippen molar-refractivity contribution < 1.29 is 31.8 Å². The van der Waals surface area contributed by atoms with Crippen LogP contribution in [0.1, 0.15) is 115 Å². The Hall–Kier alpha value is -2.37. The minimum Gasteiger partial charge on any atom is -0.214 e. The van der Waals surface area contributed by atoms with Gasteiger partial charge in [-0.15, -0.1) is 0 Å². The Kier molecular flexibility index (Phi) is 25.2. The third-order valence-corrected chi connectivity index (χ3v) is 8.41. The summed E-state index contributed by atoms with van der Waals surface area (Å²) in [5.74, 6) is 1.77. The van der Waals surface area contributed by atoms with Gasteiger partial charge in [-0.2, -0.15) is 18.2 Å². The molecule has 0 bridgehead atoms. The number of aliphatic imine (C=N–C) groups is 2. The molecule has 43 heavy (non-hydrogen) atoms. The van der Waals surface area contributed by atoms with E-state index in [1.165, 1.54) is 22.3 Å². The van der Waals surface area contributed by atoms with Gasteiger partial charge >= 0.3 is 228 Å². The fourth-order valence-corrected chi connectivity index (χ4v) is 4.66. The van der Waals surface area contributed by atoms with Crippen LogP contribution < -0.4 is 0 Å². The second kappa shape index (κ2) is 24.0. The van der Waals surface area contributed by atoms with Crippen molar-refractivity contribution in [3.05, 3.63) is 102 Å². The molecule has 0 spiro atoms. The molecule has 0 atom stereocenters. The molecule has 0 heterocycles. The summed E-state index contributed by atoms with van der Waals surface area (Å²) in [6.45, 7) is 31.3. The van der Waals surface area contributed by atoms with Gasteiger partial charge in [0.2, 0.25) is 0 Å². The van der Waals surface area contributed by atoms with Crippen molar-refractivity contribution in [3.63, 3.8) is 0 Å². The van der Waals surface area contributed by atoms with E-state index in [2.05, 4.69) is 135 Å². The third kappa shape index (κ3) is 14.3. The Morgan fingerprint density at radius 3 is 1.05 bits per heavy atom. The van der Waals surface area contributed by atoms with E-state index in [0.717, 1.165) is 22.8 Å². The number of hydrogen-bond donors (Lipinski definition) is 0. The third-order valence-electron chi connectivity index (χ3n) is 6.65. The fraction of sp³-hybridized carbons (Fsp3) is 0.417. The van der Waals surface area contributed by atoms with Gasteiger partial charge in [-0.1, -0.05) is 0 Å². The van der Waals surface area contributed by atoms with Crippen molar-refractivity contribution in [2.24, 2.45) is 9.98 Å². The maximum atomic E-state index is 7.50. The molecule has 0 saturated carbocycles. The Bertz CT molecular complexity index is 1120. The SMILES string of the molecule is CC(=Nc1c(C(C)C)cccc1C(C)C)[CH]([Ge])C(C)=Nc1c(C(C)C)cccc1C(C)C.O.[C-]#[O+].[C-]#[O+].[Mn].c1cc[cH-]c1. The monoisotopic (exact) mass is 685 g/mol. The van der Waals surface area contributed by atoms with Gasteiger partial charge in [0.25, 0.3) is 0 Å². The van der Waals surface area contributed by atoms with Gasteiger partial charge in [-0.05, 0) is 0 Å². The number of rotatable bonds is 8. The summed E-state index contributed by atoms with van der Waals surface area (Å²) < 4.78 is 15.2. The fourth-order valence-electron chi connectivity index (χ4n) is 4.39. The molecular weight excluding hydrogens is 636 g/mol. The molecule has 3 rings (SSSR count). The van der Waals surface area contributed by atoms with Crippen LogP contribution in [0.15, 0.2) is 76.7 Å². The summed E-state index contributed by atoms with van der Waals surface area (Å²) in [5.41, 5.74) is 9.84. The van der Waals surface area contributed by atoms with Crippen LogP contribution in [0.25, 0.3) is 0 Å². The molecule has 5 nitrogen and oxygen atoms in total. The van der Waals surface area contributed by atoms with E-state index < -0.39 is 0 Å². The first-order valence-corrected chi connectivity index (χ1v) is 15.3. The Labute approximate surface area is 279 Å². The Morgan fingerprint density at radius 1 is 0.605 bits per heavy atom. The average molecular weight is 684 g/mol. The van der Waals surface area contributed by atoms with Crippen LogP contribution in [0.3, 0.4) is 0 Å². The van der Waals surface area contributed by atoms with Gasteiger partial charge in [0.05, 0.1) is 0 Å². The summed E-state index contributed by atoms with van der Waals surface area (Å²) in [6, 6.07) is 23.2. The molecule has 232 valence electrons. The van der Waals surface area contributed by atoms with E-state index in [9.17, 15) is 0 Å². The Morgan fingerprint density at radius 2 is 0.860 bits per heavy atom. The zero-order valence-electron chi connectivity index (χ0n) is 27.3. The first-order chi connectivity index (χ1) is 19.5. The molecule has 3 aromatic carbocycles. The van der Waals surface area contributed by atoms with Crippen LogP contribution >= 0.6 is 0 Å². The molecule has 0 amide bonds. The molecule has 0 aliphatic heterocycles. The van der Waals surface area contributed by atoms with Gasteiger partial charge < -0.3 is 5.48 Å². The maximum Gasteiger partial charge on any atom is 0 e. The second-order valence-corrected chi connectivity index (χ2v) is 12.3. The van der Waals surface area contributed by atoms with Crippen LogP contribution in [0.5, 0.6) is 0 Å². The van der Waals surface area contributed by atoms with Crippen LogP contribution in [0.4, 0.5) is 11.4 Å². The average Bonchev–Trinajstić information content (AvgIpc) is 3.55. The van der Waals surface area contributed by atoms with Crippen LogP contribution in [0.2, 0.25) is 4.75 Å². The first kappa shape index (κ1) is 45.1. The van der Waals surface area contributed by atoms with Gasteiger partial charge in [0.1, 0.15) is 0 Å². The molecule has 0 fully saturated rings. The van der Waals surface area contributed by atoms with Crippen molar-refractivity contribution in [1.29, 1.82) is 0 Å². The summed E-state index contributed by atoms with van der Waals surface area (Å²) >= 11 is 2.23. The van der Waals surface area contributed by atoms with Crippen LogP contribution in [-0.4, -0.2) is 33.4 Å². The predicted octanol–water partition coefficient (Wildman–Crippen LogP) is 9.53. The topological polar surface area (TPSA) is 96.0 Å². The molecule has 0 aliphatic rings. The Balaban J connectivity index is -0.00000127. The van der Waals surface area contributed by atoms with E-state index in [4.69, 9.17) is 19.3 Å². The molecule has 3 aromatic rings. The summed E-state index contributed by atoms with van der Waals surface area (Å²) in [4.78, 5) is 10.4. The number of benzene rings is 2. The zero-order valence-corrected chi connectivity index (χ0v) is 30.6. The minimum atomic E-state index is 0. The zero-order chi connectivity index (χ0) is 31.7. The quantitative estimate of drug-likeness (QED) is 0.0978. The van der Waals surface area contributed by atoms with E-state index >= 15 is 0 Å². The first-order valence-electron chi connectivity index (χ1n) is 14.1. The summed E-state index contributed by atoms with van der Waals surface area (Å²) in [6.07, 6.45) is 0. The molecular formula is C36H48GeMnN2O3-. The van der Waals surface area contributed by atoms with Crippen molar-refractivity contribution in [1.82, 2.24) is 0 Å². The standard InChI is InChI=1S/C29H41GeN2.C5H5.2CO.Mn.H2O/c1-17(2)23-13-11-14-24(18(3)4)28(23)31-21(9)27(30)22(10)32-29-25(19(5)6)15-12-16-26(29)20(7)8;1-2-4-5-3-1;2*1-2;;/h11-20,27H,1-10H3;1-5H;;;;1H2/q;-1;;;;.